The second-order valence-electron chi connectivity index (χ2n) is 4.15. The molecule has 1 heterocycles. The number of amides is 1. The molecule has 20 heavy (non-hydrogen) atoms. The number of carbonyl (C=O) groups excluding carboxylic acids is 1. The van der Waals surface area contributed by atoms with Gasteiger partial charge in [0.1, 0.15) is 0 Å². The van der Waals surface area contributed by atoms with Crippen LogP contribution in [-0.4, -0.2) is 58.2 Å². The van der Waals surface area contributed by atoms with Crippen molar-refractivity contribution in [2.45, 2.75) is 5.03 Å². The summed E-state index contributed by atoms with van der Waals surface area (Å²) in [6.45, 7) is 0. The fourth-order valence-corrected chi connectivity index (χ4v) is 4.20. The number of rotatable bonds is 5. The van der Waals surface area contributed by atoms with Crippen molar-refractivity contribution in [1.82, 2.24) is 9.88 Å². The number of carbonyl (C=O) groups is 1. The standard InChI is InChI=1S/C10H13ClN2O5S2/c1-13(2)10(14)8-3-4-9(12-7-8)19(15,16)5-6-20(11,17)18/h3-4,7H,5-6H2,1-2H3. The molecule has 1 amide bonds. The van der Waals surface area contributed by atoms with Crippen molar-refractivity contribution < 1.29 is 21.6 Å². The lowest BCUT2D eigenvalue weighted by Gasteiger charge is -2.10. The van der Waals surface area contributed by atoms with Crippen molar-refractivity contribution in [3.05, 3.63) is 23.9 Å². The Morgan fingerprint density at radius 1 is 1.20 bits per heavy atom. The SMILES string of the molecule is CN(C)C(=O)c1ccc(S(=O)(=O)CCS(=O)(=O)Cl)nc1. The van der Waals surface area contributed by atoms with Gasteiger partial charge in [0.05, 0.1) is 17.1 Å². The maximum atomic E-state index is 11.8. The summed E-state index contributed by atoms with van der Waals surface area (Å²) in [5.74, 6) is -1.67. The second kappa shape index (κ2) is 6.06. The van der Waals surface area contributed by atoms with E-state index in [1.165, 1.54) is 11.0 Å². The third kappa shape index (κ3) is 4.73. The summed E-state index contributed by atoms with van der Waals surface area (Å²) in [4.78, 5) is 16.6. The van der Waals surface area contributed by atoms with Gasteiger partial charge in [-0.25, -0.2) is 21.8 Å². The van der Waals surface area contributed by atoms with Gasteiger partial charge in [0.25, 0.3) is 5.91 Å². The van der Waals surface area contributed by atoms with Gasteiger partial charge >= 0.3 is 0 Å². The predicted molar refractivity (Wildman–Crippen MR) is 73.9 cm³/mol. The van der Waals surface area contributed by atoms with E-state index in [0.29, 0.717) is 0 Å². The first kappa shape index (κ1) is 16.9. The maximum Gasteiger partial charge on any atom is 0.254 e. The molecule has 1 rings (SSSR count). The summed E-state index contributed by atoms with van der Waals surface area (Å²) in [5, 5.41) is -0.298. The molecule has 1 aromatic heterocycles. The maximum absolute atomic E-state index is 11.8. The van der Waals surface area contributed by atoms with Crippen LogP contribution in [0.5, 0.6) is 0 Å². The molecular weight excluding hydrogens is 328 g/mol. The van der Waals surface area contributed by atoms with Crippen LogP contribution in [0, 0.1) is 0 Å². The average molecular weight is 341 g/mol. The van der Waals surface area contributed by atoms with E-state index in [-0.39, 0.29) is 16.5 Å². The minimum atomic E-state index is -3.89. The van der Waals surface area contributed by atoms with Gasteiger partial charge in [-0.15, -0.1) is 0 Å². The first-order valence-electron chi connectivity index (χ1n) is 5.36. The van der Waals surface area contributed by atoms with E-state index in [1.807, 2.05) is 0 Å². The molecule has 0 aliphatic rings. The highest BCUT2D eigenvalue weighted by atomic mass is 35.7. The minimum absolute atomic E-state index is 0.235. The van der Waals surface area contributed by atoms with Crippen LogP contribution in [0.4, 0.5) is 0 Å². The van der Waals surface area contributed by atoms with Gasteiger partial charge in [0, 0.05) is 31.0 Å². The fourth-order valence-electron chi connectivity index (χ4n) is 1.26. The normalized spacial score (nSPS) is 12.2. The Labute approximate surface area is 121 Å². The van der Waals surface area contributed by atoms with Gasteiger partial charge in [-0.1, -0.05) is 0 Å². The molecule has 0 aliphatic carbocycles. The smallest absolute Gasteiger partial charge is 0.254 e. The molecular formula is C10H13ClN2O5S2. The lowest BCUT2D eigenvalue weighted by Crippen LogP contribution is -2.22. The molecule has 0 saturated carbocycles. The van der Waals surface area contributed by atoms with Crippen LogP contribution in [0.15, 0.2) is 23.4 Å². The molecule has 0 unspecified atom stereocenters. The van der Waals surface area contributed by atoms with Crippen LogP contribution in [0.2, 0.25) is 0 Å². The number of hydrogen-bond acceptors (Lipinski definition) is 6. The highest BCUT2D eigenvalue weighted by Gasteiger charge is 2.20. The van der Waals surface area contributed by atoms with Crippen LogP contribution in [0.3, 0.4) is 0 Å². The summed E-state index contributed by atoms with van der Waals surface area (Å²) in [5.41, 5.74) is 0.235. The molecule has 0 fully saturated rings. The molecule has 0 N–H and O–H groups in total. The van der Waals surface area contributed by atoms with E-state index in [9.17, 15) is 21.6 Å². The van der Waals surface area contributed by atoms with E-state index in [0.717, 1.165) is 12.3 Å². The molecule has 0 aromatic carbocycles. The zero-order valence-electron chi connectivity index (χ0n) is 10.8. The molecule has 0 aliphatic heterocycles. The third-order valence-corrected chi connectivity index (χ3v) is 5.34. The zero-order chi connectivity index (χ0) is 15.6. The predicted octanol–water partition coefficient (Wildman–Crippen LogP) is 0.126. The fraction of sp³-hybridized carbons (Fsp3) is 0.400. The van der Waals surface area contributed by atoms with Crippen molar-refractivity contribution in [2.24, 2.45) is 0 Å². The molecule has 1 aromatic rings. The number of aromatic nitrogens is 1. The molecule has 10 heteroatoms. The van der Waals surface area contributed by atoms with Crippen molar-refractivity contribution in [2.75, 3.05) is 25.6 Å². The van der Waals surface area contributed by atoms with E-state index >= 15 is 0 Å². The molecule has 0 saturated heterocycles. The summed E-state index contributed by atoms with van der Waals surface area (Å²) in [6, 6.07) is 2.48. The van der Waals surface area contributed by atoms with Crippen molar-refractivity contribution in [3.8, 4) is 0 Å². The molecule has 0 spiro atoms. The molecule has 0 bridgehead atoms. The van der Waals surface area contributed by atoms with E-state index in [2.05, 4.69) is 4.98 Å². The number of hydrogen-bond donors (Lipinski definition) is 0. The molecule has 112 valence electrons. The van der Waals surface area contributed by atoms with Gasteiger partial charge in [-0.3, -0.25) is 4.79 Å². The number of nitrogens with zero attached hydrogens (tertiary/aromatic N) is 2. The Hall–Kier alpha value is -1.19. The summed E-state index contributed by atoms with van der Waals surface area (Å²) < 4.78 is 45.1. The van der Waals surface area contributed by atoms with Gasteiger partial charge in [-0.2, -0.15) is 0 Å². The second-order valence-corrected chi connectivity index (χ2v) is 9.10. The lowest BCUT2D eigenvalue weighted by molar-refractivity contribution is 0.0827. The first-order valence-corrected chi connectivity index (χ1v) is 9.49. The molecule has 0 radical (unpaired) electrons. The minimum Gasteiger partial charge on any atom is -0.345 e. The van der Waals surface area contributed by atoms with Crippen LogP contribution in [0.25, 0.3) is 0 Å². The first-order chi connectivity index (χ1) is 9.03. The van der Waals surface area contributed by atoms with E-state index < -0.39 is 30.4 Å². The van der Waals surface area contributed by atoms with Gasteiger partial charge in [0.15, 0.2) is 14.9 Å². The van der Waals surface area contributed by atoms with Crippen molar-refractivity contribution >= 4 is 35.5 Å². The van der Waals surface area contributed by atoms with Crippen LogP contribution >= 0.6 is 10.7 Å². The Kier molecular flexibility index (Phi) is 5.11. The largest absolute Gasteiger partial charge is 0.345 e. The van der Waals surface area contributed by atoms with Gasteiger partial charge in [0.2, 0.25) is 9.05 Å². The summed E-state index contributed by atoms with van der Waals surface area (Å²) in [7, 11) is 0.324. The van der Waals surface area contributed by atoms with E-state index in [1.54, 1.807) is 14.1 Å². The van der Waals surface area contributed by atoms with Crippen LogP contribution in [-0.2, 0) is 18.9 Å². The molecule has 7 nitrogen and oxygen atoms in total. The Balaban J connectivity index is 2.96. The summed E-state index contributed by atoms with van der Waals surface area (Å²) in [6.07, 6.45) is 1.13. The highest BCUT2D eigenvalue weighted by Crippen LogP contribution is 2.11. The Morgan fingerprint density at radius 3 is 2.20 bits per heavy atom. The van der Waals surface area contributed by atoms with E-state index in [4.69, 9.17) is 10.7 Å². The number of sulfone groups is 1. The quantitative estimate of drug-likeness (QED) is 0.706. The third-order valence-electron chi connectivity index (χ3n) is 2.30. The zero-order valence-corrected chi connectivity index (χ0v) is 13.2. The van der Waals surface area contributed by atoms with Crippen molar-refractivity contribution in [1.29, 1.82) is 0 Å². The van der Waals surface area contributed by atoms with Gasteiger partial charge in [-0.05, 0) is 12.1 Å². The Bertz CT molecular complexity index is 696. The lowest BCUT2D eigenvalue weighted by atomic mass is 10.2. The topological polar surface area (TPSA) is 101 Å². The highest BCUT2D eigenvalue weighted by molar-refractivity contribution is 8.14. The monoisotopic (exact) mass is 340 g/mol. The average Bonchev–Trinajstić information content (AvgIpc) is 2.35. The Morgan fingerprint density at radius 2 is 1.80 bits per heavy atom. The number of pyridine rings is 1. The number of halogens is 1. The molecule has 0 atom stereocenters. The van der Waals surface area contributed by atoms with Crippen LogP contribution < -0.4 is 0 Å². The van der Waals surface area contributed by atoms with Gasteiger partial charge < -0.3 is 4.90 Å². The van der Waals surface area contributed by atoms with Crippen molar-refractivity contribution in [3.63, 3.8) is 0 Å². The van der Waals surface area contributed by atoms with Crippen LogP contribution in [0.1, 0.15) is 10.4 Å². The summed E-state index contributed by atoms with van der Waals surface area (Å²) >= 11 is 0.